The monoisotopic (exact) mass is 294 g/mol. The van der Waals surface area contributed by atoms with E-state index < -0.39 is 0 Å². The molecule has 19 heavy (non-hydrogen) atoms. The van der Waals surface area contributed by atoms with E-state index in [1.807, 2.05) is 11.8 Å². The summed E-state index contributed by atoms with van der Waals surface area (Å²) in [5.74, 6) is 0. The van der Waals surface area contributed by atoms with E-state index in [2.05, 4.69) is 42.3 Å². The molecule has 0 spiro atoms. The lowest BCUT2D eigenvalue weighted by atomic mass is 9.95. The second-order valence-electron chi connectivity index (χ2n) is 5.32. The first-order valence-electron chi connectivity index (χ1n) is 6.69. The summed E-state index contributed by atoms with van der Waals surface area (Å²) in [6, 6.07) is 8.81. The number of piperidine rings is 1. The highest BCUT2D eigenvalue weighted by molar-refractivity contribution is 8.02. The first kappa shape index (κ1) is 14.8. The molecule has 1 aromatic rings. The maximum absolute atomic E-state index is 5.92. The fourth-order valence-corrected chi connectivity index (χ4v) is 3.82. The molecule has 104 valence electrons. The van der Waals surface area contributed by atoms with Crippen molar-refractivity contribution in [1.29, 1.82) is 0 Å². The Bertz CT molecular complexity index is 434. The van der Waals surface area contributed by atoms with E-state index in [0.717, 1.165) is 32.5 Å². The van der Waals surface area contributed by atoms with Crippen LogP contribution in [0.3, 0.4) is 0 Å². The highest BCUT2D eigenvalue weighted by Crippen LogP contribution is 2.35. The molecule has 1 aliphatic rings. The van der Waals surface area contributed by atoms with Gasteiger partial charge in [0, 0.05) is 19.6 Å². The fourth-order valence-electron chi connectivity index (χ4n) is 2.58. The minimum atomic E-state index is 0.0269. The predicted octanol–water partition coefficient (Wildman–Crippen LogP) is 2.98. The van der Waals surface area contributed by atoms with Gasteiger partial charge in [-0.15, -0.1) is 0 Å². The highest BCUT2D eigenvalue weighted by atomic mass is 32.2. The minimum Gasteiger partial charge on any atom is -0.392 e. The molecule has 1 saturated heterocycles. The molecular weight excluding hydrogens is 272 g/mol. The summed E-state index contributed by atoms with van der Waals surface area (Å²) < 4.78 is 0.0269. The van der Waals surface area contributed by atoms with Crippen molar-refractivity contribution in [2.45, 2.75) is 31.1 Å². The van der Waals surface area contributed by atoms with E-state index in [4.69, 9.17) is 18.0 Å². The summed E-state index contributed by atoms with van der Waals surface area (Å²) in [7, 11) is 0. The number of rotatable bonds is 4. The van der Waals surface area contributed by atoms with E-state index in [1.54, 1.807) is 0 Å². The van der Waals surface area contributed by atoms with Crippen molar-refractivity contribution in [1.82, 2.24) is 4.90 Å². The van der Waals surface area contributed by atoms with Crippen molar-refractivity contribution in [3.8, 4) is 0 Å². The van der Waals surface area contributed by atoms with Crippen molar-refractivity contribution in [3.05, 3.63) is 35.4 Å². The summed E-state index contributed by atoms with van der Waals surface area (Å²) >= 11 is 7.07. The molecular formula is C15H22N2S2. The van der Waals surface area contributed by atoms with Gasteiger partial charge in [-0.2, -0.15) is 11.8 Å². The molecule has 0 aromatic heterocycles. The zero-order valence-corrected chi connectivity index (χ0v) is 13.3. The molecule has 0 aliphatic carbocycles. The third-order valence-electron chi connectivity index (χ3n) is 4.03. The Hall–Kier alpha value is -0.580. The van der Waals surface area contributed by atoms with Gasteiger partial charge in [0.05, 0.1) is 9.74 Å². The number of benzene rings is 1. The number of nitrogens with zero attached hydrogens (tertiary/aromatic N) is 1. The Morgan fingerprint density at radius 3 is 2.37 bits per heavy atom. The lowest BCUT2D eigenvalue weighted by molar-refractivity contribution is 0.212. The molecule has 0 radical (unpaired) electrons. The Balaban J connectivity index is 1.93. The minimum absolute atomic E-state index is 0.0269. The third-order valence-corrected chi connectivity index (χ3v) is 5.96. The smallest absolute Gasteiger partial charge is 0.0891 e. The van der Waals surface area contributed by atoms with Crippen LogP contribution in [0.4, 0.5) is 0 Å². The number of likely N-dealkylation sites (tertiary alicyclic amines) is 1. The molecule has 1 fully saturated rings. The van der Waals surface area contributed by atoms with E-state index in [0.29, 0.717) is 4.99 Å². The standard InChI is InChI=1S/C15H22N2S2/c1-12-3-5-13(6-4-12)11-17-9-7-15(19-2,8-10-17)14(16)18/h3-6H,7-11H2,1-2H3,(H2,16,18). The summed E-state index contributed by atoms with van der Waals surface area (Å²) in [6.07, 6.45) is 4.25. The molecule has 1 aromatic carbocycles. The van der Waals surface area contributed by atoms with Crippen LogP contribution in [0.25, 0.3) is 0 Å². The van der Waals surface area contributed by atoms with E-state index in [-0.39, 0.29) is 4.75 Å². The zero-order chi connectivity index (χ0) is 13.9. The normalized spacial score (nSPS) is 19.3. The van der Waals surface area contributed by atoms with Gasteiger partial charge in [0.15, 0.2) is 0 Å². The van der Waals surface area contributed by atoms with Gasteiger partial charge in [-0.25, -0.2) is 0 Å². The van der Waals surface area contributed by atoms with Gasteiger partial charge >= 0.3 is 0 Å². The molecule has 0 amide bonds. The molecule has 2 N–H and O–H groups in total. The molecule has 0 bridgehead atoms. The van der Waals surface area contributed by atoms with Gasteiger partial charge in [-0.3, -0.25) is 4.90 Å². The van der Waals surface area contributed by atoms with Gasteiger partial charge in [-0.05, 0) is 31.6 Å². The van der Waals surface area contributed by atoms with Gasteiger partial charge in [0.1, 0.15) is 0 Å². The largest absolute Gasteiger partial charge is 0.392 e. The van der Waals surface area contributed by atoms with Crippen molar-refractivity contribution in [2.75, 3.05) is 19.3 Å². The number of aryl methyl sites for hydroxylation is 1. The van der Waals surface area contributed by atoms with Crippen LogP contribution in [-0.2, 0) is 6.54 Å². The topological polar surface area (TPSA) is 29.3 Å². The molecule has 2 rings (SSSR count). The number of hydrogen-bond donors (Lipinski definition) is 1. The fraction of sp³-hybridized carbons (Fsp3) is 0.533. The Kier molecular flexibility index (Phi) is 4.87. The molecule has 1 aliphatic heterocycles. The Morgan fingerprint density at radius 2 is 1.89 bits per heavy atom. The van der Waals surface area contributed by atoms with Gasteiger partial charge < -0.3 is 5.73 Å². The molecule has 4 heteroatoms. The molecule has 2 nitrogen and oxygen atoms in total. The van der Waals surface area contributed by atoms with E-state index in [1.165, 1.54) is 11.1 Å². The zero-order valence-electron chi connectivity index (χ0n) is 11.7. The average molecular weight is 294 g/mol. The second-order valence-corrected chi connectivity index (χ2v) is 6.95. The van der Waals surface area contributed by atoms with Crippen LogP contribution in [0.5, 0.6) is 0 Å². The van der Waals surface area contributed by atoms with E-state index >= 15 is 0 Å². The lowest BCUT2D eigenvalue weighted by Crippen LogP contribution is -2.48. The summed E-state index contributed by atoms with van der Waals surface area (Å²) in [5, 5.41) is 0. The summed E-state index contributed by atoms with van der Waals surface area (Å²) in [5.41, 5.74) is 8.62. The number of thioether (sulfide) groups is 1. The lowest BCUT2D eigenvalue weighted by Gasteiger charge is -2.40. The predicted molar refractivity (Wildman–Crippen MR) is 88.7 cm³/mol. The van der Waals surface area contributed by atoms with Gasteiger partial charge in [0.25, 0.3) is 0 Å². The summed E-state index contributed by atoms with van der Waals surface area (Å²) in [4.78, 5) is 3.17. The van der Waals surface area contributed by atoms with Crippen LogP contribution in [0.1, 0.15) is 24.0 Å². The van der Waals surface area contributed by atoms with Crippen LogP contribution >= 0.6 is 24.0 Å². The van der Waals surface area contributed by atoms with Gasteiger partial charge in [-0.1, -0.05) is 42.0 Å². The molecule has 0 saturated carbocycles. The third kappa shape index (κ3) is 3.50. The number of hydrogen-bond acceptors (Lipinski definition) is 3. The second kappa shape index (κ2) is 6.25. The molecule has 0 unspecified atom stereocenters. The van der Waals surface area contributed by atoms with Crippen molar-refractivity contribution < 1.29 is 0 Å². The summed E-state index contributed by atoms with van der Waals surface area (Å²) in [6.45, 7) is 5.31. The number of nitrogens with two attached hydrogens (primary N) is 1. The maximum atomic E-state index is 5.92. The van der Waals surface area contributed by atoms with Gasteiger partial charge in [0.2, 0.25) is 0 Å². The SMILES string of the molecule is CSC1(C(N)=S)CCN(Cc2ccc(C)cc2)CC1. The van der Waals surface area contributed by atoms with Crippen LogP contribution in [-0.4, -0.2) is 34.0 Å². The number of thiocarbonyl (C=S) groups is 1. The van der Waals surface area contributed by atoms with Crippen LogP contribution in [0.2, 0.25) is 0 Å². The highest BCUT2D eigenvalue weighted by Gasteiger charge is 2.36. The first-order chi connectivity index (χ1) is 9.05. The quantitative estimate of drug-likeness (QED) is 0.865. The van der Waals surface area contributed by atoms with Crippen molar-refractivity contribution in [3.63, 3.8) is 0 Å². The van der Waals surface area contributed by atoms with Crippen LogP contribution in [0.15, 0.2) is 24.3 Å². The van der Waals surface area contributed by atoms with Crippen LogP contribution < -0.4 is 5.73 Å². The van der Waals surface area contributed by atoms with Crippen molar-refractivity contribution >= 4 is 29.0 Å². The van der Waals surface area contributed by atoms with E-state index in [9.17, 15) is 0 Å². The molecule has 1 heterocycles. The van der Waals surface area contributed by atoms with Crippen LogP contribution in [0, 0.1) is 6.92 Å². The average Bonchev–Trinajstić information content (AvgIpc) is 2.42. The molecule has 0 atom stereocenters. The van der Waals surface area contributed by atoms with Crippen molar-refractivity contribution in [2.24, 2.45) is 5.73 Å². The Labute approximate surface area is 125 Å². The Morgan fingerprint density at radius 1 is 1.32 bits per heavy atom. The first-order valence-corrected chi connectivity index (χ1v) is 8.32. The maximum Gasteiger partial charge on any atom is 0.0891 e.